The molecular formula is C19H16F3N. The van der Waals surface area contributed by atoms with E-state index < -0.39 is 11.7 Å². The molecule has 0 N–H and O–H groups in total. The second-order valence-electron chi connectivity index (χ2n) is 6.34. The number of rotatable bonds is 1. The lowest BCUT2D eigenvalue weighted by molar-refractivity contribution is -0.137. The van der Waals surface area contributed by atoms with Crippen molar-refractivity contribution in [1.82, 2.24) is 0 Å². The van der Waals surface area contributed by atoms with Gasteiger partial charge in [0.15, 0.2) is 0 Å². The van der Waals surface area contributed by atoms with Crippen LogP contribution in [0.3, 0.4) is 0 Å². The standard InChI is InChI=1S/C19H16F3N/c20-19(21,22)14-9-7-13(8-10-14)17-18(11-3-4-12-18)15-5-1-2-6-16(15)23-17/h1-2,5-10H,3-4,11-12H2. The summed E-state index contributed by atoms with van der Waals surface area (Å²) in [5, 5.41) is 0. The Hall–Kier alpha value is -2.10. The van der Waals surface area contributed by atoms with Gasteiger partial charge in [-0.05, 0) is 42.2 Å². The molecule has 23 heavy (non-hydrogen) atoms. The molecule has 2 aromatic carbocycles. The van der Waals surface area contributed by atoms with E-state index in [2.05, 4.69) is 6.07 Å². The smallest absolute Gasteiger partial charge is 0.252 e. The molecule has 1 saturated carbocycles. The zero-order chi connectivity index (χ0) is 16.1. The van der Waals surface area contributed by atoms with Crippen LogP contribution in [0, 0.1) is 0 Å². The van der Waals surface area contributed by atoms with Crippen LogP contribution in [0.25, 0.3) is 0 Å². The Bertz CT molecular complexity index is 766. The first kappa shape index (κ1) is 14.5. The van der Waals surface area contributed by atoms with Gasteiger partial charge in [-0.15, -0.1) is 0 Å². The Morgan fingerprint density at radius 1 is 0.870 bits per heavy atom. The second kappa shape index (κ2) is 4.95. The fraction of sp³-hybridized carbons (Fsp3) is 0.316. The van der Waals surface area contributed by atoms with Crippen LogP contribution >= 0.6 is 0 Å². The van der Waals surface area contributed by atoms with E-state index in [9.17, 15) is 13.2 Å². The normalized spacial score (nSPS) is 19.0. The van der Waals surface area contributed by atoms with E-state index in [4.69, 9.17) is 4.99 Å². The van der Waals surface area contributed by atoms with Crippen molar-refractivity contribution in [2.75, 3.05) is 0 Å². The molecule has 1 heterocycles. The predicted molar refractivity (Wildman–Crippen MR) is 84.2 cm³/mol. The molecule has 1 fully saturated rings. The third-order valence-electron chi connectivity index (χ3n) is 5.05. The lowest BCUT2D eigenvalue weighted by Crippen LogP contribution is -2.30. The molecule has 1 aliphatic carbocycles. The molecule has 0 bridgehead atoms. The Balaban J connectivity index is 1.80. The van der Waals surface area contributed by atoms with Crippen LogP contribution in [0.15, 0.2) is 53.5 Å². The van der Waals surface area contributed by atoms with Crippen molar-refractivity contribution in [3.05, 3.63) is 65.2 Å². The zero-order valence-corrected chi connectivity index (χ0v) is 12.5. The molecule has 0 atom stereocenters. The fourth-order valence-electron chi connectivity index (χ4n) is 3.97. The summed E-state index contributed by atoms with van der Waals surface area (Å²) in [5.74, 6) is 0. The summed E-state index contributed by atoms with van der Waals surface area (Å²) < 4.78 is 38.3. The maximum Gasteiger partial charge on any atom is 0.416 e. The highest BCUT2D eigenvalue weighted by Crippen LogP contribution is 2.51. The topological polar surface area (TPSA) is 12.4 Å². The van der Waals surface area contributed by atoms with E-state index in [1.54, 1.807) is 12.1 Å². The van der Waals surface area contributed by atoms with Crippen LogP contribution in [-0.2, 0) is 11.6 Å². The SMILES string of the molecule is FC(F)(F)c1ccc(C2=Nc3ccccc3C23CCCC3)cc1. The van der Waals surface area contributed by atoms with E-state index in [0.29, 0.717) is 0 Å². The average molecular weight is 315 g/mol. The first-order valence-electron chi connectivity index (χ1n) is 7.87. The van der Waals surface area contributed by atoms with E-state index in [0.717, 1.165) is 54.8 Å². The van der Waals surface area contributed by atoms with Crippen LogP contribution in [0.1, 0.15) is 42.4 Å². The van der Waals surface area contributed by atoms with E-state index in [1.807, 2.05) is 18.2 Å². The number of hydrogen-bond acceptors (Lipinski definition) is 1. The van der Waals surface area contributed by atoms with Gasteiger partial charge < -0.3 is 0 Å². The maximum atomic E-state index is 12.8. The zero-order valence-electron chi connectivity index (χ0n) is 12.5. The summed E-state index contributed by atoms with van der Waals surface area (Å²) in [4.78, 5) is 4.78. The van der Waals surface area contributed by atoms with Gasteiger partial charge in [0.05, 0.1) is 17.0 Å². The molecule has 118 valence electrons. The predicted octanol–water partition coefficient (Wildman–Crippen LogP) is 5.65. The number of hydrogen-bond donors (Lipinski definition) is 0. The largest absolute Gasteiger partial charge is 0.416 e. The lowest BCUT2D eigenvalue weighted by atomic mass is 9.74. The molecule has 0 aromatic heterocycles. The lowest BCUT2D eigenvalue weighted by Gasteiger charge is -2.27. The van der Waals surface area contributed by atoms with Gasteiger partial charge in [0.25, 0.3) is 0 Å². The molecule has 1 nitrogen and oxygen atoms in total. The van der Waals surface area contributed by atoms with Crippen LogP contribution in [0.2, 0.25) is 0 Å². The molecule has 4 heteroatoms. The summed E-state index contributed by atoms with van der Waals surface area (Å²) in [6.07, 6.45) is -0.000258. The minimum atomic E-state index is -4.30. The highest BCUT2D eigenvalue weighted by molar-refractivity contribution is 6.13. The van der Waals surface area contributed by atoms with Crippen molar-refractivity contribution in [3.63, 3.8) is 0 Å². The minimum Gasteiger partial charge on any atom is -0.252 e. The van der Waals surface area contributed by atoms with Crippen LogP contribution in [-0.4, -0.2) is 5.71 Å². The third-order valence-corrected chi connectivity index (χ3v) is 5.05. The van der Waals surface area contributed by atoms with Gasteiger partial charge in [-0.1, -0.05) is 43.2 Å². The van der Waals surface area contributed by atoms with E-state index in [-0.39, 0.29) is 5.41 Å². The van der Waals surface area contributed by atoms with Gasteiger partial charge >= 0.3 is 6.18 Å². The van der Waals surface area contributed by atoms with E-state index in [1.165, 1.54) is 5.56 Å². The van der Waals surface area contributed by atoms with Gasteiger partial charge in [-0.25, -0.2) is 0 Å². The van der Waals surface area contributed by atoms with Crippen molar-refractivity contribution in [1.29, 1.82) is 0 Å². The van der Waals surface area contributed by atoms with Gasteiger partial charge in [-0.2, -0.15) is 13.2 Å². The summed E-state index contributed by atoms with van der Waals surface area (Å²) in [6, 6.07) is 13.5. The van der Waals surface area contributed by atoms with Gasteiger partial charge in [0.2, 0.25) is 0 Å². The first-order valence-corrected chi connectivity index (χ1v) is 7.87. The minimum absolute atomic E-state index is 0.115. The van der Waals surface area contributed by atoms with Crippen LogP contribution in [0.5, 0.6) is 0 Å². The summed E-state index contributed by atoms with van der Waals surface area (Å²) >= 11 is 0. The Morgan fingerprint density at radius 3 is 2.17 bits per heavy atom. The van der Waals surface area contributed by atoms with Gasteiger partial charge in [0, 0.05) is 5.41 Å². The second-order valence-corrected chi connectivity index (χ2v) is 6.34. The van der Waals surface area contributed by atoms with Crippen molar-refractivity contribution < 1.29 is 13.2 Å². The van der Waals surface area contributed by atoms with Crippen molar-refractivity contribution >= 4 is 11.4 Å². The van der Waals surface area contributed by atoms with Crippen LogP contribution < -0.4 is 0 Å². The van der Waals surface area contributed by atoms with Crippen molar-refractivity contribution in [2.45, 2.75) is 37.3 Å². The average Bonchev–Trinajstić information content (AvgIpc) is 3.14. The third kappa shape index (κ3) is 2.19. The molecule has 2 aromatic rings. The number of nitrogens with zero attached hydrogens (tertiary/aromatic N) is 1. The van der Waals surface area contributed by atoms with E-state index >= 15 is 0 Å². The molecule has 4 rings (SSSR count). The Kier molecular flexibility index (Phi) is 3.12. The van der Waals surface area contributed by atoms with Crippen molar-refractivity contribution in [3.8, 4) is 0 Å². The maximum absolute atomic E-state index is 12.8. The number of alkyl halides is 3. The highest BCUT2D eigenvalue weighted by atomic mass is 19.4. The molecule has 2 aliphatic rings. The molecule has 1 aliphatic heterocycles. The number of halogens is 3. The molecule has 0 unspecified atom stereocenters. The molecule has 0 saturated heterocycles. The monoisotopic (exact) mass is 315 g/mol. The first-order chi connectivity index (χ1) is 11.0. The number of fused-ring (bicyclic) bond motifs is 2. The number of benzene rings is 2. The molecule has 0 amide bonds. The van der Waals surface area contributed by atoms with Gasteiger partial charge in [-0.3, -0.25) is 4.99 Å². The van der Waals surface area contributed by atoms with Crippen LogP contribution in [0.4, 0.5) is 18.9 Å². The fourth-order valence-corrected chi connectivity index (χ4v) is 3.97. The molecular weight excluding hydrogens is 299 g/mol. The summed E-state index contributed by atoms with van der Waals surface area (Å²) in [7, 11) is 0. The molecule has 0 radical (unpaired) electrons. The molecule has 1 spiro atoms. The Labute approximate surface area is 132 Å². The summed E-state index contributed by atoms with van der Waals surface area (Å²) in [5.41, 5.74) is 3.20. The van der Waals surface area contributed by atoms with Gasteiger partial charge in [0.1, 0.15) is 0 Å². The number of aliphatic imine (C=N–C) groups is 1. The summed E-state index contributed by atoms with van der Waals surface area (Å²) in [6.45, 7) is 0. The number of para-hydroxylation sites is 1. The Morgan fingerprint density at radius 2 is 1.52 bits per heavy atom. The van der Waals surface area contributed by atoms with Crippen molar-refractivity contribution in [2.24, 2.45) is 4.99 Å². The highest BCUT2D eigenvalue weighted by Gasteiger charge is 2.45. The quantitative estimate of drug-likeness (QED) is 0.644.